The molecule has 0 radical (unpaired) electrons. The summed E-state index contributed by atoms with van der Waals surface area (Å²) >= 11 is 0. The Morgan fingerprint density at radius 2 is 2.09 bits per heavy atom. The van der Waals surface area contributed by atoms with Crippen molar-refractivity contribution < 1.29 is 14.7 Å². The molecule has 0 aliphatic heterocycles. The highest BCUT2D eigenvalue weighted by molar-refractivity contribution is 5.86. The maximum absolute atomic E-state index is 12.1. The lowest BCUT2D eigenvalue weighted by Gasteiger charge is -2.43. The number of aromatic nitrogens is 2. The first-order valence-electron chi connectivity index (χ1n) is 7.71. The van der Waals surface area contributed by atoms with Crippen LogP contribution in [0.5, 0.6) is 0 Å². The van der Waals surface area contributed by atoms with Crippen molar-refractivity contribution in [1.82, 2.24) is 14.9 Å². The van der Waals surface area contributed by atoms with E-state index in [1.54, 1.807) is 0 Å². The zero-order valence-electron chi connectivity index (χ0n) is 13.6. The molecule has 1 heterocycles. The van der Waals surface area contributed by atoms with E-state index in [4.69, 9.17) is 5.11 Å². The summed E-state index contributed by atoms with van der Waals surface area (Å²) in [6, 6.07) is 0. The van der Waals surface area contributed by atoms with Crippen LogP contribution in [-0.4, -0.2) is 33.1 Å². The van der Waals surface area contributed by atoms with Crippen LogP contribution in [0.2, 0.25) is 0 Å². The third-order valence-electron chi connectivity index (χ3n) is 4.50. The van der Waals surface area contributed by atoms with Gasteiger partial charge in [0.1, 0.15) is 12.2 Å². The van der Waals surface area contributed by atoms with E-state index in [1.165, 1.54) is 29.9 Å². The number of rotatable bonds is 5. The third-order valence-corrected chi connectivity index (χ3v) is 4.50. The highest BCUT2D eigenvalue weighted by Gasteiger charge is 2.36. The first-order valence-corrected chi connectivity index (χ1v) is 7.71. The number of hydrogen-bond acceptors (Lipinski definition) is 3. The Bertz CT molecular complexity index is 565. The van der Waals surface area contributed by atoms with Gasteiger partial charge >= 0.3 is 5.97 Å². The number of carboxylic acids is 1. The van der Waals surface area contributed by atoms with Crippen LogP contribution in [0.3, 0.4) is 0 Å². The SMILES string of the molecule is CC1(C)CCCC(C)(CNC(=O)Cn2cncc2C(=O)O)C1. The van der Waals surface area contributed by atoms with Gasteiger partial charge in [-0.15, -0.1) is 0 Å². The Labute approximate surface area is 130 Å². The number of carbonyl (C=O) groups is 2. The molecule has 1 aromatic rings. The van der Waals surface area contributed by atoms with E-state index in [9.17, 15) is 9.59 Å². The Balaban J connectivity index is 1.90. The van der Waals surface area contributed by atoms with Crippen LogP contribution < -0.4 is 5.32 Å². The predicted molar refractivity (Wildman–Crippen MR) is 82.6 cm³/mol. The minimum Gasteiger partial charge on any atom is -0.477 e. The van der Waals surface area contributed by atoms with Crippen molar-refractivity contribution in [3.05, 3.63) is 18.2 Å². The summed E-state index contributed by atoms with van der Waals surface area (Å²) in [6.07, 6.45) is 7.24. The standard InChI is InChI=1S/C16H25N3O3/c1-15(2)5-4-6-16(3,9-15)10-18-13(20)8-19-11-17-7-12(19)14(21)22/h7,11H,4-6,8-10H2,1-3H3,(H,18,20)(H,21,22). The zero-order chi connectivity index (χ0) is 16.4. The molecule has 6 nitrogen and oxygen atoms in total. The first-order chi connectivity index (χ1) is 10.2. The van der Waals surface area contributed by atoms with E-state index in [2.05, 4.69) is 31.1 Å². The van der Waals surface area contributed by atoms with Gasteiger partial charge < -0.3 is 15.0 Å². The second kappa shape index (κ2) is 6.10. The monoisotopic (exact) mass is 307 g/mol. The van der Waals surface area contributed by atoms with Crippen LogP contribution in [-0.2, 0) is 11.3 Å². The van der Waals surface area contributed by atoms with Gasteiger partial charge in [-0.25, -0.2) is 9.78 Å². The van der Waals surface area contributed by atoms with Gasteiger partial charge in [-0.2, -0.15) is 0 Å². The molecule has 1 aromatic heterocycles. The highest BCUT2D eigenvalue weighted by Crippen LogP contribution is 2.45. The summed E-state index contributed by atoms with van der Waals surface area (Å²) < 4.78 is 1.35. The van der Waals surface area contributed by atoms with Crippen molar-refractivity contribution in [2.75, 3.05) is 6.54 Å². The van der Waals surface area contributed by atoms with E-state index in [-0.39, 0.29) is 23.6 Å². The molecule has 1 unspecified atom stereocenters. The van der Waals surface area contributed by atoms with Gasteiger partial charge in [0, 0.05) is 6.54 Å². The van der Waals surface area contributed by atoms with E-state index in [1.807, 2.05) is 0 Å². The van der Waals surface area contributed by atoms with Gasteiger partial charge in [0.2, 0.25) is 5.91 Å². The average Bonchev–Trinajstić information content (AvgIpc) is 2.83. The number of carboxylic acid groups (broad SMARTS) is 1. The molecule has 1 amide bonds. The van der Waals surface area contributed by atoms with E-state index in [0.717, 1.165) is 12.8 Å². The van der Waals surface area contributed by atoms with Gasteiger partial charge in [0.05, 0.1) is 12.5 Å². The van der Waals surface area contributed by atoms with Crippen LogP contribution in [0, 0.1) is 10.8 Å². The van der Waals surface area contributed by atoms with Crippen molar-refractivity contribution in [2.24, 2.45) is 10.8 Å². The predicted octanol–water partition coefficient (Wildman–Crippen LogP) is 2.30. The fraction of sp³-hybridized carbons (Fsp3) is 0.688. The Morgan fingerprint density at radius 1 is 1.36 bits per heavy atom. The maximum Gasteiger partial charge on any atom is 0.354 e. The molecule has 1 fully saturated rings. The maximum atomic E-state index is 12.1. The lowest BCUT2D eigenvalue weighted by Crippen LogP contribution is -2.42. The summed E-state index contributed by atoms with van der Waals surface area (Å²) in [7, 11) is 0. The second-order valence-electron chi connectivity index (χ2n) is 7.49. The Hall–Kier alpha value is -1.85. The van der Waals surface area contributed by atoms with E-state index < -0.39 is 5.97 Å². The van der Waals surface area contributed by atoms with Gasteiger partial charge in [0.25, 0.3) is 0 Å². The number of nitrogens with one attached hydrogen (secondary N) is 1. The average molecular weight is 307 g/mol. The summed E-state index contributed by atoms with van der Waals surface area (Å²) in [5.74, 6) is -1.25. The lowest BCUT2D eigenvalue weighted by atomic mass is 9.64. The van der Waals surface area contributed by atoms with Gasteiger partial charge in [-0.1, -0.05) is 27.2 Å². The van der Waals surface area contributed by atoms with Crippen LogP contribution in [0.25, 0.3) is 0 Å². The summed E-state index contributed by atoms with van der Waals surface area (Å²) in [6.45, 7) is 7.38. The Morgan fingerprint density at radius 3 is 2.73 bits per heavy atom. The van der Waals surface area contributed by atoms with E-state index >= 15 is 0 Å². The minimum absolute atomic E-state index is 0.0128. The fourth-order valence-corrected chi connectivity index (χ4v) is 3.62. The molecule has 0 saturated heterocycles. The molecule has 2 rings (SSSR count). The molecule has 2 N–H and O–H groups in total. The minimum atomic E-state index is -1.08. The molecule has 0 bridgehead atoms. The lowest BCUT2D eigenvalue weighted by molar-refractivity contribution is -0.122. The molecule has 0 spiro atoms. The summed E-state index contributed by atoms with van der Waals surface area (Å²) in [5.41, 5.74) is 0.459. The number of aromatic carboxylic acids is 1. The summed E-state index contributed by atoms with van der Waals surface area (Å²) in [4.78, 5) is 26.9. The zero-order valence-corrected chi connectivity index (χ0v) is 13.6. The molecule has 1 aliphatic carbocycles. The molecule has 1 atom stereocenters. The number of hydrogen-bond donors (Lipinski definition) is 2. The van der Waals surface area contributed by atoms with Crippen LogP contribution >= 0.6 is 0 Å². The second-order valence-corrected chi connectivity index (χ2v) is 7.49. The van der Waals surface area contributed by atoms with Crippen molar-refractivity contribution >= 4 is 11.9 Å². The molecule has 22 heavy (non-hydrogen) atoms. The summed E-state index contributed by atoms with van der Waals surface area (Å²) in [5, 5.41) is 12.0. The van der Waals surface area contributed by atoms with Crippen molar-refractivity contribution in [3.8, 4) is 0 Å². The quantitative estimate of drug-likeness (QED) is 0.874. The number of amides is 1. The number of carbonyl (C=O) groups excluding carboxylic acids is 1. The fourth-order valence-electron chi connectivity index (χ4n) is 3.62. The molecule has 1 saturated carbocycles. The van der Waals surface area contributed by atoms with Crippen molar-refractivity contribution in [3.63, 3.8) is 0 Å². The molecular weight excluding hydrogens is 282 g/mol. The van der Waals surface area contributed by atoms with Crippen molar-refractivity contribution in [1.29, 1.82) is 0 Å². The highest BCUT2D eigenvalue weighted by atomic mass is 16.4. The largest absolute Gasteiger partial charge is 0.477 e. The molecule has 0 aromatic carbocycles. The number of nitrogens with zero attached hydrogens (tertiary/aromatic N) is 2. The smallest absolute Gasteiger partial charge is 0.354 e. The topological polar surface area (TPSA) is 84.2 Å². The van der Waals surface area contributed by atoms with Gasteiger partial charge in [0.15, 0.2) is 0 Å². The van der Waals surface area contributed by atoms with Crippen LogP contribution in [0.15, 0.2) is 12.5 Å². The molecule has 1 aliphatic rings. The van der Waals surface area contributed by atoms with Crippen molar-refractivity contribution in [2.45, 2.75) is 53.0 Å². The third kappa shape index (κ3) is 4.08. The molecular formula is C16H25N3O3. The Kier molecular flexibility index (Phi) is 4.58. The first kappa shape index (κ1) is 16.5. The normalized spacial score (nSPS) is 24.0. The van der Waals surface area contributed by atoms with Crippen LogP contribution in [0.4, 0.5) is 0 Å². The molecule has 122 valence electrons. The van der Waals surface area contributed by atoms with Gasteiger partial charge in [-0.05, 0) is 30.1 Å². The van der Waals surface area contributed by atoms with E-state index in [0.29, 0.717) is 12.0 Å². The van der Waals surface area contributed by atoms with Gasteiger partial charge in [-0.3, -0.25) is 4.79 Å². The van der Waals surface area contributed by atoms with Crippen LogP contribution in [0.1, 0.15) is 56.9 Å². The number of imidazole rings is 1. The molecule has 6 heteroatoms.